The van der Waals surface area contributed by atoms with Crippen LogP contribution in [0.4, 0.5) is 5.69 Å². The number of aryl methyl sites for hydroxylation is 3. The quantitative estimate of drug-likeness (QED) is 0.941. The van der Waals surface area contributed by atoms with Crippen molar-refractivity contribution >= 4 is 15.7 Å². The van der Waals surface area contributed by atoms with Gasteiger partial charge in [0.1, 0.15) is 5.75 Å². The Bertz CT molecular complexity index is 750. The molecular weight excluding hydrogens is 286 g/mol. The Morgan fingerprint density at radius 2 is 1.57 bits per heavy atom. The summed E-state index contributed by atoms with van der Waals surface area (Å²) in [5.41, 5.74) is 3.28. The van der Waals surface area contributed by atoms with E-state index in [0.29, 0.717) is 5.69 Å². The van der Waals surface area contributed by atoms with E-state index in [2.05, 4.69) is 4.72 Å². The van der Waals surface area contributed by atoms with Crippen LogP contribution in [0.15, 0.2) is 41.3 Å². The molecule has 0 spiro atoms. The molecule has 0 unspecified atom stereocenters. The van der Waals surface area contributed by atoms with E-state index in [9.17, 15) is 8.42 Å². The second-order valence-corrected chi connectivity index (χ2v) is 6.74. The van der Waals surface area contributed by atoms with Crippen LogP contribution in [0.2, 0.25) is 0 Å². The molecule has 0 saturated carbocycles. The number of hydrogen-bond acceptors (Lipinski definition) is 3. The highest BCUT2D eigenvalue weighted by atomic mass is 32.2. The van der Waals surface area contributed by atoms with Crippen molar-refractivity contribution in [3.63, 3.8) is 0 Å². The molecule has 0 aliphatic rings. The van der Waals surface area contributed by atoms with E-state index in [4.69, 9.17) is 4.74 Å². The fourth-order valence-electron chi connectivity index (χ4n) is 2.04. The van der Waals surface area contributed by atoms with E-state index in [1.54, 1.807) is 37.4 Å². The van der Waals surface area contributed by atoms with Crippen molar-refractivity contribution in [2.75, 3.05) is 11.8 Å². The number of hydrogen-bond donors (Lipinski definition) is 1. The molecule has 2 rings (SSSR count). The number of benzene rings is 2. The summed E-state index contributed by atoms with van der Waals surface area (Å²) in [6, 6.07) is 10.4. The van der Waals surface area contributed by atoms with E-state index in [0.717, 1.165) is 22.4 Å². The van der Waals surface area contributed by atoms with Crippen LogP contribution in [0, 0.1) is 20.8 Å². The first-order valence-electron chi connectivity index (χ1n) is 6.58. The van der Waals surface area contributed by atoms with Crippen LogP contribution in [0.5, 0.6) is 5.75 Å². The summed E-state index contributed by atoms with van der Waals surface area (Å²) < 4.78 is 32.6. The molecule has 2 aromatic carbocycles. The molecule has 0 aliphatic heterocycles. The Hall–Kier alpha value is -2.01. The summed E-state index contributed by atoms with van der Waals surface area (Å²) in [4.78, 5) is 0.251. The SMILES string of the molecule is COc1cc(C)c(NS(=O)(=O)c2ccc(C)cc2)cc1C. The van der Waals surface area contributed by atoms with E-state index >= 15 is 0 Å². The largest absolute Gasteiger partial charge is 0.496 e. The molecule has 0 amide bonds. The molecule has 0 atom stereocenters. The molecule has 0 aliphatic carbocycles. The maximum atomic E-state index is 12.4. The van der Waals surface area contributed by atoms with Gasteiger partial charge in [0.2, 0.25) is 0 Å². The molecule has 4 nitrogen and oxygen atoms in total. The Morgan fingerprint density at radius 3 is 2.14 bits per heavy atom. The number of methoxy groups -OCH3 is 1. The second kappa shape index (κ2) is 5.77. The Kier molecular flexibility index (Phi) is 4.23. The monoisotopic (exact) mass is 305 g/mol. The number of nitrogens with one attached hydrogen (secondary N) is 1. The van der Waals surface area contributed by atoms with Gasteiger partial charge >= 0.3 is 0 Å². The first-order valence-corrected chi connectivity index (χ1v) is 8.06. The van der Waals surface area contributed by atoms with Crippen molar-refractivity contribution < 1.29 is 13.2 Å². The normalized spacial score (nSPS) is 11.2. The molecule has 0 fully saturated rings. The van der Waals surface area contributed by atoms with Gasteiger partial charge < -0.3 is 4.74 Å². The van der Waals surface area contributed by atoms with Gasteiger partial charge in [-0.2, -0.15) is 0 Å². The standard InChI is InChI=1S/C16H19NO3S/c1-11-5-7-14(8-6-11)21(18,19)17-15-9-13(3)16(20-4)10-12(15)2/h5-10,17H,1-4H3. The van der Waals surface area contributed by atoms with Gasteiger partial charge in [0.15, 0.2) is 0 Å². The number of sulfonamides is 1. The lowest BCUT2D eigenvalue weighted by Gasteiger charge is -2.14. The molecule has 5 heteroatoms. The van der Waals surface area contributed by atoms with Crippen molar-refractivity contribution in [1.82, 2.24) is 0 Å². The van der Waals surface area contributed by atoms with E-state index in [-0.39, 0.29) is 4.90 Å². The van der Waals surface area contributed by atoms with Crippen molar-refractivity contribution in [3.05, 3.63) is 53.1 Å². The maximum Gasteiger partial charge on any atom is 0.261 e. The fraction of sp³-hybridized carbons (Fsp3) is 0.250. The van der Waals surface area contributed by atoms with Crippen LogP contribution in [0.25, 0.3) is 0 Å². The molecule has 0 heterocycles. The lowest BCUT2D eigenvalue weighted by molar-refractivity contribution is 0.411. The second-order valence-electron chi connectivity index (χ2n) is 5.06. The Balaban J connectivity index is 2.37. The van der Waals surface area contributed by atoms with Crippen LogP contribution < -0.4 is 9.46 Å². The molecular formula is C16H19NO3S. The maximum absolute atomic E-state index is 12.4. The van der Waals surface area contributed by atoms with Crippen LogP contribution in [-0.2, 0) is 10.0 Å². The van der Waals surface area contributed by atoms with Gasteiger partial charge in [-0.3, -0.25) is 4.72 Å². The summed E-state index contributed by atoms with van der Waals surface area (Å²) in [6.07, 6.45) is 0. The zero-order chi connectivity index (χ0) is 15.6. The van der Waals surface area contributed by atoms with Crippen LogP contribution in [-0.4, -0.2) is 15.5 Å². The van der Waals surface area contributed by atoms with E-state index < -0.39 is 10.0 Å². The number of anilines is 1. The van der Waals surface area contributed by atoms with Gasteiger partial charge in [0, 0.05) is 0 Å². The van der Waals surface area contributed by atoms with Crippen LogP contribution in [0.3, 0.4) is 0 Å². The molecule has 21 heavy (non-hydrogen) atoms. The Labute approximate surface area is 125 Å². The minimum atomic E-state index is -3.58. The van der Waals surface area contributed by atoms with Crippen molar-refractivity contribution in [2.45, 2.75) is 25.7 Å². The van der Waals surface area contributed by atoms with Crippen molar-refractivity contribution in [1.29, 1.82) is 0 Å². The van der Waals surface area contributed by atoms with Gasteiger partial charge in [-0.25, -0.2) is 8.42 Å². The average Bonchev–Trinajstić information content (AvgIpc) is 2.42. The van der Waals surface area contributed by atoms with E-state index in [1.807, 2.05) is 26.8 Å². The van der Waals surface area contributed by atoms with Crippen LogP contribution >= 0.6 is 0 Å². The lowest BCUT2D eigenvalue weighted by Crippen LogP contribution is -2.14. The third-order valence-corrected chi connectivity index (χ3v) is 4.70. The summed E-state index contributed by atoms with van der Waals surface area (Å²) in [7, 11) is -1.98. The predicted octanol–water partition coefficient (Wildman–Crippen LogP) is 3.42. The zero-order valence-electron chi connectivity index (χ0n) is 12.6. The molecule has 0 radical (unpaired) electrons. The average molecular weight is 305 g/mol. The summed E-state index contributed by atoms with van der Waals surface area (Å²) in [5, 5.41) is 0. The summed E-state index contributed by atoms with van der Waals surface area (Å²) in [5.74, 6) is 0.741. The Morgan fingerprint density at radius 1 is 0.952 bits per heavy atom. The molecule has 2 aromatic rings. The van der Waals surface area contributed by atoms with Crippen LogP contribution in [0.1, 0.15) is 16.7 Å². The first-order chi connectivity index (χ1) is 9.83. The van der Waals surface area contributed by atoms with Gasteiger partial charge in [-0.1, -0.05) is 17.7 Å². The molecule has 0 aromatic heterocycles. The van der Waals surface area contributed by atoms with Gasteiger partial charge in [-0.15, -0.1) is 0 Å². The summed E-state index contributed by atoms with van der Waals surface area (Å²) >= 11 is 0. The fourth-order valence-corrected chi connectivity index (χ4v) is 3.16. The highest BCUT2D eigenvalue weighted by Crippen LogP contribution is 2.27. The lowest BCUT2D eigenvalue weighted by atomic mass is 10.1. The minimum absolute atomic E-state index is 0.251. The molecule has 0 bridgehead atoms. The van der Waals surface area contributed by atoms with Gasteiger partial charge in [-0.05, 0) is 56.2 Å². The highest BCUT2D eigenvalue weighted by molar-refractivity contribution is 7.92. The van der Waals surface area contributed by atoms with Gasteiger partial charge in [0.05, 0.1) is 17.7 Å². The molecule has 1 N–H and O–H groups in total. The van der Waals surface area contributed by atoms with Gasteiger partial charge in [0.25, 0.3) is 10.0 Å². The number of rotatable bonds is 4. The predicted molar refractivity (Wildman–Crippen MR) is 84.5 cm³/mol. The van der Waals surface area contributed by atoms with Crippen molar-refractivity contribution in [2.24, 2.45) is 0 Å². The third kappa shape index (κ3) is 3.36. The topological polar surface area (TPSA) is 55.4 Å². The smallest absolute Gasteiger partial charge is 0.261 e. The number of ether oxygens (including phenoxy) is 1. The van der Waals surface area contributed by atoms with E-state index in [1.165, 1.54) is 0 Å². The highest BCUT2D eigenvalue weighted by Gasteiger charge is 2.16. The molecule has 112 valence electrons. The first kappa shape index (κ1) is 15.4. The van der Waals surface area contributed by atoms with Crippen molar-refractivity contribution in [3.8, 4) is 5.75 Å². The summed E-state index contributed by atoms with van der Waals surface area (Å²) in [6.45, 7) is 5.64. The molecule has 0 saturated heterocycles. The zero-order valence-corrected chi connectivity index (χ0v) is 13.4. The third-order valence-electron chi connectivity index (χ3n) is 3.32. The minimum Gasteiger partial charge on any atom is -0.496 e.